The lowest BCUT2D eigenvalue weighted by atomic mass is 9.87. The van der Waals surface area contributed by atoms with Gasteiger partial charge in [-0.25, -0.2) is 9.29 Å². The van der Waals surface area contributed by atoms with Gasteiger partial charge in [0, 0.05) is 21.4 Å². The van der Waals surface area contributed by atoms with Crippen LogP contribution >= 0.6 is 34.4 Å². The lowest BCUT2D eigenvalue weighted by Crippen LogP contribution is -2.32. The van der Waals surface area contributed by atoms with Gasteiger partial charge in [0.05, 0.1) is 16.6 Å². The number of fused-ring (bicyclic) bond motifs is 2. The largest absolute Gasteiger partial charge is 0.325 e. The van der Waals surface area contributed by atoms with Crippen molar-refractivity contribution in [1.29, 1.82) is 0 Å². The van der Waals surface area contributed by atoms with Gasteiger partial charge in [-0.3, -0.25) is 23.7 Å². The number of nitrogens with zero attached hydrogens (tertiary/aromatic N) is 2. The van der Waals surface area contributed by atoms with Crippen molar-refractivity contribution in [1.82, 2.24) is 4.57 Å². The fourth-order valence-corrected chi connectivity index (χ4v) is 8.58. The molecule has 2 aromatic heterocycles. The molecule has 0 saturated carbocycles. The number of benzene rings is 2. The Morgan fingerprint density at radius 1 is 1.00 bits per heavy atom. The Kier molecular flexibility index (Phi) is 6.29. The monoisotopic (exact) mass is 565 g/mol. The first-order chi connectivity index (χ1) is 18.3. The number of imide groups is 1. The van der Waals surface area contributed by atoms with Gasteiger partial charge in [0.25, 0.3) is 0 Å². The van der Waals surface area contributed by atoms with Crippen molar-refractivity contribution in [2.45, 2.75) is 29.7 Å². The van der Waals surface area contributed by atoms with Gasteiger partial charge >= 0.3 is 4.87 Å². The predicted molar refractivity (Wildman–Crippen MR) is 147 cm³/mol. The van der Waals surface area contributed by atoms with Crippen LogP contribution in [0.15, 0.2) is 75.9 Å². The average Bonchev–Trinajstić information content (AvgIpc) is 3.59. The molecule has 1 N–H and O–H groups in total. The van der Waals surface area contributed by atoms with Crippen molar-refractivity contribution in [2.24, 2.45) is 5.92 Å². The molecule has 0 radical (unpaired) electrons. The number of nitrogens with one attached hydrogen (secondary N) is 1. The van der Waals surface area contributed by atoms with Crippen molar-refractivity contribution in [3.05, 3.63) is 96.8 Å². The minimum atomic E-state index is -0.785. The van der Waals surface area contributed by atoms with Crippen molar-refractivity contribution in [3.8, 4) is 0 Å². The molecule has 2 aliphatic rings. The highest BCUT2D eigenvalue weighted by molar-refractivity contribution is 8.00. The topological polar surface area (TPSA) is 88.5 Å². The Bertz CT molecular complexity index is 1610. The van der Waals surface area contributed by atoms with Gasteiger partial charge in [0.2, 0.25) is 17.7 Å². The summed E-state index contributed by atoms with van der Waals surface area (Å²) in [7, 11) is 0. The van der Waals surface area contributed by atoms with Crippen molar-refractivity contribution in [2.75, 3.05) is 10.2 Å². The SMILES string of the molecule is Cc1ccc(NC(=O)Cn2c3c(sc2=O)[C@@H](c2cccs2)[C@@H]2C(=O)N(c4ccc(F)cc4)C(=O)[C@@H]2S3)cc1. The lowest BCUT2D eigenvalue weighted by molar-refractivity contribution is -0.122. The number of thiophene rings is 1. The van der Waals surface area contributed by atoms with E-state index in [4.69, 9.17) is 0 Å². The molecule has 7 nitrogen and oxygen atoms in total. The summed E-state index contributed by atoms with van der Waals surface area (Å²) in [6, 6.07) is 16.3. The third-order valence-corrected chi connectivity index (χ3v) is 10.2. The summed E-state index contributed by atoms with van der Waals surface area (Å²) in [5.41, 5.74) is 1.98. The molecule has 2 aliphatic heterocycles. The summed E-state index contributed by atoms with van der Waals surface area (Å²) >= 11 is 3.61. The van der Waals surface area contributed by atoms with E-state index in [9.17, 15) is 23.6 Å². The molecule has 4 aromatic rings. The van der Waals surface area contributed by atoms with Crippen LogP contribution < -0.4 is 15.1 Å². The Balaban J connectivity index is 1.38. The highest BCUT2D eigenvalue weighted by Crippen LogP contribution is 2.54. The molecule has 4 heterocycles. The van der Waals surface area contributed by atoms with Crippen LogP contribution in [0.2, 0.25) is 0 Å². The van der Waals surface area contributed by atoms with Crippen LogP contribution in [-0.4, -0.2) is 27.5 Å². The van der Waals surface area contributed by atoms with Crippen LogP contribution in [0, 0.1) is 18.7 Å². The van der Waals surface area contributed by atoms with Crippen LogP contribution in [0.5, 0.6) is 0 Å². The van der Waals surface area contributed by atoms with E-state index < -0.39 is 28.8 Å². The predicted octanol–water partition coefficient (Wildman–Crippen LogP) is 4.85. The number of anilines is 2. The Labute approximate surface area is 228 Å². The fourth-order valence-electron chi connectivity index (χ4n) is 4.86. The maximum Gasteiger partial charge on any atom is 0.308 e. The van der Waals surface area contributed by atoms with E-state index in [2.05, 4.69) is 5.32 Å². The van der Waals surface area contributed by atoms with Crippen LogP contribution in [0.1, 0.15) is 21.2 Å². The normalized spacial score (nSPS) is 20.4. The summed E-state index contributed by atoms with van der Waals surface area (Å²) in [5, 5.41) is 4.45. The van der Waals surface area contributed by atoms with Gasteiger partial charge < -0.3 is 5.32 Å². The number of amides is 3. The van der Waals surface area contributed by atoms with Crippen LogP contribution in [0.25, 0.3) is 0 Å². The zero-order chi connectivity index (χ0) is 26.6. The van der Waals surface area contributed by atoms with Crippen molar-refractivity contribution in [3.63, 3.8) is 0 Å². The summed E-state index contributed by atoms with van der Waals surface area (Å²) < 4.78 is 14.9. The molecule has 11 heteroatoms. The quantitative estimate of drug-likeness (QED) is 0.350. The standard InChI is InChI=1S/C27H20FN3O4S3/c1-14-4-8-16(9-5-14)29-19(32)13-30-26-23(38-27(30)35)20(18-3-2-12-36-18)21-22(37-26)25(34)31(24(21)33)17-10-6-15(28)7-11-17/h2-12,20-22H,13H2,1H3,(H,29,32)/t20-,21-,22+/m0/s1. The summed E-state index contributed by atoms with van der Waals surface area (Å²) in [4.78, 5) is 55.7. The minimum absolute atomic E-state index is 0.218. The third kappa shape index (κ3) is 4.20. The first-order valence-corrected chi connectivity index (χ1v) is 14.3. The molecule has 0 spiro atoms. The van der Waals surface area contributed by atoms with Crippen LogP contribution in [0.3, 0.4) is 0 Å². The van der Waals surface area contributed by atoms with Crippen molar-refractivity contribution < 1.29 is 18.8 Å². The smallest absolute Gasteiger partial charge is 0.308 e. The number of thiazole rings is 1. The molecule has 0 aliphatic carbocycles. The molecule has 3 atom stereocenters. The minimum Gasteiger partial charge on any atom is -0.325 e. The van der Waals surface area contributed by atoms with Crippen LogP contribution in [0.4, 0.5) is 15.8 Å². The van der Waals surface area contributed by atoms with E-state index in [-0.39, 0.29) is 23.2 Å². The lowest BCUT2D eigenvalue weighted by Gasteiger charge is -2.29. The molecule has 6 rings (SSSR count). The first-order valence-electron chi connectivity index (χ1n) is 11.8. The van der Waals surface area contributed by atoms with Crippen LogP contribution in [-0.2, 0) is 20.9 Å². The van der Waals surface area contributed by atoms with Gasteiger partial charge in [-0.15, -0.1) is 11.3 Å². The fraction of sp³-hybridized carbons (Fsp3) is 0.185. The summed E-state index contributed by atoms with van der Waals surface area (Å²) in [6.07, 6.45) is 0. The van der Waals surface area contributed by atoms with Gasteiger partial charge in [-0.2, -0.15) is 0 Å². The van der Waals surface area contributed by atoms with E-state index in [1.807, 2.05) is 36.6 Å². The molecule has 2 aromatic carbocycles. The number of carbonyl (C=O) groups excluding carboxylic acids is 3. The van der Waals surface area contributed by atoms with Gasteiger partial charge in [-0.05, 0) is 54.8 Å². The second kappa shape index (κ2) is 9.64. The second-order valence-electron chi connectivity index (χ2n) is 9.08. The third-order valence-electron chi connectivity index (χ3n) is 6.62. The number of aryl methyl sites for hydroxylation is 1. The molecule has 1 fully saturated rings. The van der Waals surface area contributed by atoms with E-state index in [1.165, 1.54) is 40.2 Å². The molecular formula is C27H20FN3O4S3. The van der Waals surface area contributed by atoms with Gasteiger partial charge in [-0.1, -0.05) is 46.9 Å². The summed E-state index contributed by atoms with van der Waals surface area (Å²) in [6.45, 7) is 1.73. The summed E-state index contributed by atoms with van der Waals surface area (Å²) in [5.74, 6) is -2.86. The van der Waals surface area contributed by atoms with Gasteiger partial charge in [0.1, 0.15) is 17.6 Å². The molecule has 192 valence electrons. The van der Waals surface area contributed by atoms with Crippen molar-refractivity contribution >= 4 is 63.5 Å². The number of aromatic nitrogens is 1. The second-order valence-corrected chi connectivity index (χ2v) is 12.2. The molecule has 3 amide bonds. The van der Waals surface area contributed by atoms with E-state index in [1.54, 1.807) is 12.1 Å². The highest BCUT2D eigenvalue weighted by Gasteiger charge is 2.57. The molecule has 38 heavy (non-hydrogen) atoms. The Morgan fingerprint density at radius 2 is 1.74 bits per heavy atom. The Morgan fingerprint density at radius 3 is 2.42 bits per heavy atom. The van der Waals surface area contributed by atoms with E-state index >= 15 is 0 Å². The molecular weight excluding hydrogens is 546 g/mol. The zero-order valence-corrected chi connectivity index (χ0v) is 22.4. The highest BCUT2D eigenvalue weighted by atomic mass is 32.2. The van der Waals surface area contributed by atoms with E-state index in [0.29, 0.717) is 21.3 Å². The number of rotatable bonds is 5. The Hall–Kier alpha value is -3.54. The number of carbonyl (C=O) groups is 3. The molecule has 0 bridgehead atoms. The van der Waals surface area contributed by atoms with E-state index in [0.717, 1.165) is 38.4 Å². The number of thioether (sulfide) groups is 1. The molecule has 1 saturated heterocycles. The maximum atomic E-state index is 13.7. The number of hydrogen-bond donors (Lipinski definition) is 1. The average molecular weight is 566 g/mol. The maximum absolute atomic E-state index is 13.7. The first kappa shape index (κ1) is 24.8. The van der Waals surface area contributed by atoms with Gasteiger partial charge in [0.15, 0.2) is 0 Å². The zero-order valence-electron chi connectivity index (χ0n) is 19.9. The number of hydrogen-bond acceptors (Lipinski definition) is 7. The molecule has 0 unspecified atom stereocenters. The number of halogens is 1.